The summed E-state index contributed by atoms with van der Waals surface area (Å²) in [5, 5.41) is 2.43. The van der Waals surface area contributed by atoms with Crippen molar-refractivity contribution in [1.82, 2.24) is 10.2 Å². The molecule has 3 N–H and O–H groups in total. The molecule has 2 rings (SSSR count). The molecule has 23 heavy (non-hydrogen) atoms. The first-order valence-electron chi connectivity index (χ1n) is 7.28. The van der Waals surface area contributed by atoms with E-state index < -0.39 is 17.6 Å². The molecule has 2 amide bonds. The van der Waals surface area contributed by atoms with Gasteiger partial charge in [-0.2, -0.15) is 13.2 Å². The SMILES string of the molecule is NCC1CCCN1C(=O)CNC(=O)c1ccc(C(F)(F)F)cc1. The Bertz CT molecular complexity index is 572. The molecular weight excluding hydrogens is 311 g/mol. The Labute approximate surface area is 131 Å². The van der Waals surface area contributed by atoms with E-state index in [0.29, 0.717) is 13.1 Å². The fraction of sp³-hybridized carbons (Fsp3) is 0.467. The summed E-state index contributed by atoms with van der Waals surface area (Å²) in [4.78, 5) is 25.6. The van der Waals surface area contributed by atoms with Crippen molar-refractivity contribution >= 4 is 11.8 Å². The number of nitrogens with zero attached hydrogens (tertiary/aromatic N) is 1. The van der Waals surface area contributed by atoms with Gasteiger partial charge >= 0.3 is 6.18 Å². The van der Waals surface area contributed by atoms with E-state index in [0.717, 1.165) is 37.1 Å². The summed E-state index contributed by atoms with van der Waals surface area (Å²) in [5.74, 6) is -0.825. The van der Waals surface area contributed by atoms with Crippen molar-refractivity contribution in [2.24, 2.45) is 5.73 Å². The fourth-order valence-electron chi connectivity index (χ4n) is 2.58. The number of nitrogens with two attached hydrogens (primary N) is 1. The molecule has 1 unspecified atom stereocenters. The molecule has 0 aromatic heterocycles. The average Bonchev–Trinajstić information content (AvgIpc) is 3.00. The number of rotatable bonds is 4. The average molecular weight is 329 g/mol. The fourth-order valence-corrected chi connectivity index (χ4v) is 2.58. The topological polar surface area (TPSA) is 75.4 Å². The van der Waals surface area contributed by atoms with Gasteiger partial charge in [0.25, 0.3) is 5.91 Å². The van der Waals surface area contributed by atoms with Gasteiger partial charge in [-0.05, 0) is 37.1 Å². The van der Waals surface area contributed by atoms with Crippen molar-refractivity contribution in [2.45, 2.75) is 25.1 Å². The minimum Gasteiger partial charge on any atom is -0.343 e. The third-order valence-electron chi connectivity index (χ3n) is 3.84. The Kier molecular flexibility index (Phi) is 5.25. The predicted molar refractivity (Wildman–Crippen MR) is 77.6 cm³/mol. The van der Waals surface area contributed by atoms with Crippen LogP contribution in [0, 0.1) is 0 Å². The number of halogens is 3. The van der Waals surface area contributed by atoms with E-state index in [1.165, 1.54) is 0 Å². The quantitative estimate of drug-likeness (QED) is 0.876. The Morgan fingerprint density at radius 3 is 2.48 bits per heavy atom. The lowest BCUT2D eigenvalue weighted by molar-refractivity contribution is -0.137. The van der Waals surface area contributed by atoms with Crippen LogP contribution in [-0.4, -0.2) is 42.4 Å². The Hall–Kier alpha value is -2.09. The van der Waals surface area contributed by atoms with Crippen molar-refractivity contribution in [3.8, 4) is 0 Å². The summed E-state index contributed by atoms with van der Waals surface area (Å²) in [6, 6.07) is 3.83. The van der Waals surface area contributed by atoms with Crippen LogP contribution in [0.2, 0.25) is 0 Å². The number of likely N-dealkylation sites (tertiary alicyclic amines) is 1. The highest BCUT2D eigenvalue weighted by atomic mass is 19.4. The Balaban J connectivity index is 1.91. The van der Waals surface area contributed by atoms with Gasteiger partial charge in [-0.1, -0.05) is 0 Å². The molecule has 1 atom stereocenters. The minimum absolute atomic E-state index is 0.00882. The number of carbonyl (C=O) groups is 2. The second-order valence-corrected chi connectivity index (χ2v) is 5.38. The molecule has 126 valence electrons. The number of alkyl halides is 3. The first-order valence-corrected chi connectivity index (χ1v) is 7.28. The van der Waals surface area contributed by atoms with Crippen LogP contribution in [0.3, 0.4) is 0 Å². The van der Waals surface area contributed by atoms with Crippen LogP contribution in [0.4, 0.5) is 13.2 Å². The standard InChI is InChI=1S/C15H18F3N3O2/c16-15(17,18)11-5-3-10(4-6-11)14(23)20-9-13(22)21-7-1-2-12(21)8-19/h3-6,12H,1-2,7-9,19H2,(H,20,23). The van der Waals surface area contributed by atoms with Crippen LogP contribution in [0.1, 0.15) is 28.8 Å². The molecule has 1 aromatic carbocycles. The van der Waals surface area contributed by atoms with Crippen LogP contribution >= 0.6 is 0 Å². The summed E-state index contributed by atoms with van der Waals surface area (Å²) in [6.07, 6.45) is -2.73. The predicted octanol–water partition coefficient (Wildman–Crippen LogP) is 1.38. The number of hydrogen-bond donors (Lipinski definition) is 2. The molecule has 1 aliphatic heterocycles. The number of carbonyl (C=O) groups excluding carboxylic acids is 2. The van der Waals surface area contributed by atoms with Crippen molar-refractivity contribution < 1.29 is 22.8 Å². The molecule has 1 aliphatic rings. The summed E-state index contributed by atoms with van der Waals surface area (Å²) in [7, 11) is 0. The zero-order valence-electron chi connectivity index (χ0n) is 12.4. The molecule has 0 aliphatic carbocycles. The zero-order chi connectivity index (χ0) is 17.0. The highest BCUT2D eigenvalue weighted by molar-refractivity contribution is 5.96. The normalized spacial score (nSPS) is 18.1. The molecule has 0 spiro atoms. The van der Waals surface area contributed by atoms with E-state index in [2.05, 4.69) is 5.32 Å². The van der Waals surface area contributed by atoms with E-state index in [-0.39, 0.29) is 24.1 Å². The highest BCUT2D eigenvalue weighted by Crippen LogP contribution is 2.29. The van der Waals surface area contributed by atoms with Crippen LogP contribution in [-0.2, 0) is 11.0 Å². The van der Waals surface area contributed by atoms with Gasteiger partial charge in [0.1, 0.15) is 0 Å². The van der Waals surface area contributed by atoms with E-state index in [1.54, 1.807) is 4.90 Å². The molecular formula is C15H18F3N3O2. The van der Waals surface area contributed by atoms with E-state index in [9.17, 15) is 22.8 Å². The summed E-state index contributed by atoms with van der Waals surface area (Å²) >= 11 is 0. The molecule has 0 saturated carbocycles. The second-order valence-electron chi connectivity index (χ2n) is 5.38. The zero-order valence-corrected chi connectivity index (χ0v) is 12.4. The molecule has 1 fully saturated rings. The lowest BCUT2D eigenvalue weighted by Crippen LogP contribution is -2.45. The van der Waals surface area contributed by atoms with Gasteiger partial charge in [0, 0.05) is 24.7 Å². The molecule has 0 bridgehead atoms. The van der Waals surface area contributed by atoms with Crippen LogP contribution in [0.5, 0.6) is 0 Å². The third-order valence-corrected chi connectivity index (χ3v) is 3.84. The maximum Gasteiger partial charge on any atom is 0.416 e. The van der Waals surface area contributed by atoms with Gasteiger partial charge in [0.2, 0.25) is 5.91 Å². The van der Waals surface area contributed by atoms with Gasteiger partial charge in [-0.25, -0.2) is 0 Å². The van der Waals surface area contributed by atoms with E-state index in [1.807, 2.05) is 0 Å². The number of hydrogen-bond acceptors (Lipinski definition) is 3. The summed E-state index contributed by atoms with van der Waals surface area (Å²) in [6.45, 7) is 0.784. The smallest absolute Gasteiger partial charge is 0.343 e. The van der Waals surface area contributed by atoms with Gasteiger partial charge in [-0.15, -0.1) is 0 Å². The Morgan fingerprint density at radius 2 is 1.91 bits per heavy atom. The van der Waals surface area contributed by atoms with Crippen LogP contribution in [0.25, 0.3) is 0 Å². The number of benzene rings is 1. The summed E-state index contributed by atoms with van der Waals surface area (Å²) in [5.41, 5.74) is 4.83. The monoisotopic (exact) mass is 329 g/mol. The minimum atomic E-state index is -4.45. The van der Waals surface area contributed by atoms with Crippen molar-refractivity contribution in [1.29, 1.82) is 0 Å². The Morgan fingerprint density at radius 1 is 1.26 bits per heavy atom. The van der Waals surface area contributed by atoms with Crippen LogP contribution < -0.4 is 11.1 Å². The number of nitrogens with one attached hydrogen (secondary N) is 1. The largest absolute Gasteiger partial charge is 0.416 e. The third kappa shape index (κ3) is 4.22. The molecule has 5 nitrogen and oxygen atoms in total. The maximum atomic E-state index is 12.5. The highest BCUT2D eigenvalue weighted by Gasteiger charge is 2.30. The van der Waals surface area contributed by atoms with Gasteiger partial charge in [0.05, 0.1) is 12.1 Å². The lowest BCUT2D eigenvalue weighted by atomic mass is 10.1. The first kappa shape index (κ1) is 17.3. The van der Waals surface area contributed by atoms with Gasteiger partial charge in [-0.3, -0.25) is 9.59 Å². The molecule has 8 heteroatoms. The maximum absolute atomic E-state index is 12.5. The molecule has 1 aromatic rings. The van der Waals surface area contributed by atoms with E-state index in [4.69, 9.17) is 5.73 Å². The van der Waals surface area contributed by atoms with Crippen molar-refractivity contribution in [3.63, 3.8) is 0 Å². The lowest BCUT2D eigenvalue weighted by Gasteiger charge is -2.23. The summed E-state index contributed by atoms with van der Waals surface area (Å²) < 4.78 is 37.4. The molecule has 1 heterocycles. The van der Waals surface area contributed by atoms with Crippen molar-refractivity contribution in [2.75, 3.05) is 19.6 Å². The first-order chi connectivity index (χ1) is 10.8. The van der Waals surface area contributed by atoms with E-state index >= 15 is 0 Å². The second kappa shape index (κ2) is 6.99. The molecule has 1 saturated heterocycles. The molecule has 0 radical (unpaired) electrons. The van der Waals surface area contributed by atoms with Gasteiger partial charge in [0.15, 0.2) is 0 Å². The van der Waals surface area contributed by atoms with Crippen molar-refractivity contribution in [3.05, 3.63) is 35.4 Å². The van der Waals surface area contributed by atoms with Gasteiger partial charge < -0.3 is 16.0 Å². The van der Waals surface area contributed by atoms with Crippen LogP contribution in [0.15, 0.2) is 24.3 Å². The number of amides is 2.